The van der Waals surface area contributed by atoms with Gasteiger partial charge in [0.15, 0.2) is 0 Å². The predicted octanol–water partition coefficient (Wildman–Crippen LogP) is 3.26. The Hall–Kier alpha value is -1.92. The molecule has 0 saturated carbocycles. The van der Waals surface area contributed by atoms with E-state index in [-0.39, 0.29) is 11.8 Å². The highest BCUT2D eigenvalue weighted by atomic mass is 16.2. The number of hydrogen-bond acceptors (Lipinski definition) is 4. The number of likely N-dealkylation sites (tertiary alicyclic amines) is 1. The van der Waals surface area contributed by atoms with Crippen molar-refractivity contribution in [3.63, 3.8) is 0 Å². The minimum atomic E-state index is 0.0897. The topological polar surface area (TPSA) is 55.9 Å². The van der Waals surface area contributed by atoms with Crippen molar-refractivity contribution in [3.05, 3.63) is 29.8 Å². The number of amides is 2. The van der Waals surface area contributed by atoms with Gasteiger partial charge in [-0.25, -0.2) is 0 Å². The molecule has 0 atom stereocenters. The smallest absolute Gasteiger partial charge is 0.234 e. The van der Waals surface area contributed by atoms with Crippen LogP contribution in [-0.4, -0.2) is 67.9 Å². The van der Waals surface area contributed by atoms with Gasteiger partial charge >= 0.3 is 0 Å². The molecule has 1 aromatic rings. The molecule has 1 saturated heterocycles. The summed E-state index contributed by atoms with van der Waals surface area (Å²) in [5.41, 5.74) is 2.12. The minimum Gasteiger partial charge on any atom is -0.355 e. The number of piperidine rings is 1. The summed E-state index contributed by atoms with van der Waals surface area (Å²) >= 11 is 0. The van der Waals surface area contributed by atoms with Gasteiger partial charge in [0.05, 0.1) is 6.54 Å². The fourth-order valence-electron chi connectivity index (χ4n) is 4.73. The first-order valence-electron chi connectivity index (χ1n) is 12.1. The molecule has 6 nitrogen and oxygen atoms in total. The minimum absolute atomic E-state index is 0.0897. The van der Waals surface area contributed by atoms with Crippen molar-refractivity contribution in [1.82, 2.24) is 15.1 Å². The second kappa shape index (κ2) is 12.2. The molecule has 2 heterocycles. The van der Waals surface area contributed by atoms with Crippen molar-refractivity contribution in [2.24, 2.45) is 5.92 Å². The molecular formula is C25H40N4O2. The first-order chi connectivity index (χ1) is 15.0. The molecule has 0 spiro atoms. The van der Waals surface area contributed by atoms with Crippen molar-refractivity contribution in [3.8, 4) is 0 Å². The number of rotatable bonds is 4. The largest absolute Gasteiger partial charge is 0.355 e. The Kier molecular flexibility index (Phi) is 9.34. The molecule has 3 rings (SSSR count). The zero-order valence-corrected chi connectivity index (χ0v) is 19.4. The molecule has 6 heteroatoms. The maximum atomic E-state index is 12.8. The van der Waals surface area contributed by atoms with E-state index in [4.69, 9.17) is 0 Å². The Morgan fingerprint density at radius 1 is 0.968 bits per heavy atom. The molecule has 0 aromatic heterocycles. The van der Waals surface area contributed by atoms with E-state index in [2.05, 4.69) is 28.2 Å². The third kappa shape index (κ3) is 7.62. The number of anilines is 1. The Bertz CT molecular complexity index is 715. The lowest BCUT2D eigenvalue weighted by Crippen LogP contribution is -2.41. The van der Waals surface area contributed by atoms with Gasteiger partial charge in [-0.2, -0.15) is 0 Å². The molecule has 1 fully saturated rings. The second-order valence-electron chi connectivity index (χ2n) is 9.33. The molecule has 0 radical (unpaired) electrons. The summed E-state index contributed by atoms with van der Waals surface area (Å²) in [6.07, 6.45) is 7.98. The van der Waals surface area contributed by atoms with E-state index < -0.39 is 0 Å². The fraction of sp³-hybridized carbons (Fsp3) is 0.680. The van der Waals surface area contributed by atoms with Gasteiger partial charge in [-0.1, -0.05) is 37.5 Å². The predicted molar refractivity (Wildman–Crippen MR) is 126 cm³/mol. The molecule has 172 valence electrons. The SMILES string of the molecule is CC(=O)N1CCCCCCCN(CC(=O)NCC2CCN(C)CC2)Cc2ccccc21. The van der Waals surface area contributed by atoms with Gasteiger partial charge in [-0.05, 0) is 69.9 Å². The normalized spacial score (nSPS) is 20.4. The van der Waals surface area contributed by atoms with Gasteiger partial charge in [0.1, 0.15) is 0 Å². The highest BCUT2D eigenvalue weighted by molar-refractivity contribution is 5.92. The van der Waals surface area contributed by atoms with Crippen LogP contribution in [0.15, 0.2) is 24.3 Å². The van der Waals surface area contributed by atoms with Gasteiger partial charge in [0.2, 0.25) is 11.8 Å². The summed E-state index contributed by atoms with van der Waals surface area (Å²) in [6, 6.07) is 8.17. The van der Waals surface area contributed by atoms with Crippen LogP contribution in [0, 0.1) is 5.92 Å². The van der Waals surface area contributed by atoms with Crippen molar-refractivity contribution >= 4 is 17.5 Å². The van der Waals surface area contributed by atoms with Gasteiger partial charge in [0, 0.05) is 32.2 Å². The van der Waals surface area contributed by atoms with Crippen LogP contribution in [0.1, 0.15) is 57.4 Å². The quantitative estimate of drug-likeness (QED) is 0.800. The van der Waals surface area contributed by atoms with Crippen LogP contribution in [0.5, 0.6) is 0 Å². The maximum Gasteiger partial charge on any atom is 0.234 e. The van der Waals surface area contributed by atoms with E-state index in [1.54, 1.807) is 6.92 Å². The molecule has 2 aliphatic heterocycles. The second-order valence-corrected chi connectivity index (χ2v) is 9.33. The highest BCUT2D eigenvalue weighted by Crippen LogP contribution is 2.24. The molecule has 1 N–H and O–H groups in total. The Morgan fingerprint density at radius 3 is 2.39 bits per heavy atom. The molecule has 2 amide bonds. The third-order valence-electron chi connectivity index (χ3n) is 6.71. The van der Waals surface area contributed by atoms with Crippen LogP contribution >= 0.6 is 0 Å². The standard InChI is InChI=1S/C25H40N4O2/c1-21(30)29-15-9-5-3-4-8-14-28(19-23-10-6-7-11-24(23)29)20-25(31)26-18-22-12-16-27(2)17-13-22/h6-7,10-11,22H,3-5,8-9,12-20H2,1-2H3,(H,26,31). The number of nitrogens with zero attached hydrogens (tertiary/aromatic N) is 3. The monoisotopic (exact) mass is 428 g/mol. The van der Waals surface area contributed by atoms with Crippen molar-refractivity contribution in [1.29, 1.82) is 0 Å². The van der Waals surface area contributed by atoms with Gasteiger partial charge in [-0.15, -0.1) is 0 Å². The Balaban J connectivity index is 1.64. The van der Waals surface area contributed by atoms with E-state index in [0.29, 0.717) is 19.0 Å². The van der Waals surface area contributed by atoms with Gasteiger partial charge in [-0.3, -0.25) is 14.5 Å². The van der Waals surface area contributed by atoms with Crippen LogP contribution < -0.4 is 10.2 Å². The van der Waals surface area contributed by atoms with Crippen LogP contribution in [-0.2, 0) is 16.1 Å². The average Bonchev–Trinajstić information content (AvgIpc) is 2.74. The average molecular weight is 429 g/mol. The Labute approximate surface area is 188 Å². The van der Waals surface area contributed by atoms with Crippen LogP contribution in [0.4, 0.5) is 5.69 Å². The first-order valence-corrected chi connectivity index (χ1v) is 12.1. The zero-order valence-electron chi connectivity index (χ0n) is 19.4. The van der Waals surface area contributed by atoms with E-state index in [0.717, 1.165) is 76.1 Å². The van der Waals surface area contributed by atoms with Crippen molar-refractivity contribution in [2.75, 3.05) is 51.2 Å². The first kappa shape index (κ1) is 23.7. The van der Waals surface area contributed by atoms with Gasteiger partial charge in [0.25, 0.3) is 0 Å². The highest BCUT2D eigenvalue weighted by Gasteiger charge is 2.20. The van der Waals surface area contributed by atoms with E-state index in [1.807, 2.05) is 23.1 Å². The molecule has 2 aliphatic rings. The summed E-state index contributed by atoms with van der Waals surface area (Å²) in [6.45, 7) is 7.47. The number of benzene rings is 1. The number of carbonyl (C=O) groups is 2. The lowest BCUT2D eigenvalue weighted by Gasteiger charge is -2.30. The molecular weight excluding hydrogens is 388 g/mol. The van der Waals surface area contributed by atoms with Crippen LogP contribution in [0.25, 0.3) is 0 Å². The molecule has 0 aliphatic carbocycles. The number of hydrogen-bond donors (Lipinski definition) is 1. The lowest BCUT2D eigenvalue weighted by atomic mass is 9.97. The van der Waals surface area contributed by atoms with Crippen LogP contribution in [0.2, 0.25) is 0 Å². The van der Waals surface area contributed by atoms with E-state index >= 15 is 0 Å². The van der Waals surface area contributed by atoms with E-state index in [1.165, 1.54) is 12.8 Å². The molecule has 1 aromatic carbocycles. The number of carbonyl (C=O) groups excluding carboxylic acids is 2. The van der Waals surface area contributed by atoms with Crippen LogP contribution in [0.3, 0.4) is 0 Å². The zero-order chi connectivity index (χ0) is 22.1. The lowest BCUT2D eigenvalue weighted by molar-refractivity contribution is -0.122. The molecule has 0 unspecified atom stereocenters. The van der Waals surface area contributed by atoms with Crippen molar-refractivity contribution in [2.45, 2.75) is 58.4 Å². The van der Waals surface area contributed by atoms with Crippen molar-refractivity contribution < 1.29 is 9.59 Å². The number of nitrogens with one attached hydrogen (secondary N) is 1. The van der Waals surface area contributed by atoms with Gasteiger partial charge < -0.3 is 15.1 Å². The third-order valence-corrected chi connectivity index (χ3v) is 6.71. The summed E-state index contributed by atoms with van der Waals surface area (Å²) in [7, 11) is 2.16. The summed E-state index contributed by atoms with van der Waals surface area (Å²) in [4.78, 5) is 31.6. The van der Waals surface area contributed by atoms with E-state index in [9.17, 15) is 9.59 Å². The number of para-hydroxylation sites is 1. The fourth-order valence-corrected chi connectivity index (χ4v) is 4.73. The Morgan fingerprint density at radius 2 is 1.65 bits per heavy atom. The summed E-state index contributed by atoms with van der Waals surface area (Å²) < 4.78 is 0. The summed E-state index contributed by atoms with van der Waals surface area (Å²) in [5.74, 6) is 0.801. The maximum absolute atomic E-state index is 12.8. The molecule has 0 bridgehead atoms. The number of fused-ring (bicyclic) bond motifs is 1. The molecule has 31 heavy (non-hydrogen) atoms. The summed E-state index contributed by atoms with van der Waals surface area (Å²) in [5, 5.41) is 3.19.